The summed E-state index contributed by atoms with van der Waals surface area (Å²) in [6.07, 6.45) is 0.586. The molecule has 2 aromatic rings. The average molecular weight is 298 g/mol. The van der Waals surface area contributed by atoms with Crippen LogP contribution in [-0.2, 0) is 27.2 Å². The Labute approximate surface area is 131 Å². The van der Waals surface area contributed by atoms with Crippen LogP contribution in [-0.4, -0.2) is 25.1 Å². The van der Waals surface area contributed by atoms with Crippen molar-refractivity contribution in [1.29, 1.82) is 0 Å². The van der Waals surface area contributed by atoms with E-state index in [1.165, 1.54) is 11.1 Å². The van der Waals surface area contributed by atoms with Crippen molar-refractivity contribution < 1.29 is 14.2 Å². The summed E-state index contributed by atoms with van der Waals surface area (Å²) in [5, 5.41) is 0. The summed E-state index contributed by atoms with van der Waals surface area (Å²) in [7, 11) is 0. The number of rotatable bonds is 6. The van der Waals surface area contributed by atoms with Gasteiger partial charge in [0.15, 0.2) is 6.29 Å². The standard InChI is InChI=1S/C19H22O3/c1-19(14-20-13-17-10-6-3-7-11-17)15-21-18(22-19)12-16-8-4-2-5-9-16/h2-11,18H,12-15H2,1H3. The van der Waals surface area contributed by atoms with Crippen molar-refractivity contribution in [3.05, 3.63) is 71.8 Å². The van der Waals surface area contributed by atoms with Crippen molar-refractivity contribution >= 4 is 0 Å². The Kier molecular flexibility index (Phi) is 4.88. The van der Waals surface area contributed by atoms with Gasteiger partial charge in [0.1, 0.15) is 5.60 Å². The Morgan fingerprint density at radius 2 is 1.64 bits per heavy atom. The first-order valence-electron chi connectivity index (χ1n) is 7.69. The summed E-state index contributed by atoms with van der Waals surface area (Å²) >= 11 is 0. The molecule has 0 spiro atoms. The van der Waals surface area contributed by atoms with Crippen molar-refractivity contribution in [3.63, 3.8) is 0 Å². The molecule has 1 aliphatic heterocycles. The van der Waals surface area contributed by atoms with E-state index in [0.29, 0.717) is 19.8 Å². The second-order valence-corrected chi connectivity index (χ2v) is 5.98. The van der Waals surface area contributed by atoms with Gasteiger partial charge in [-0.05, 0) is 18.1 Å². The summed E-state index contributed by atoms with van der Waals surface area (Å²) in [5.74, 6) is 0. The van der Waals surface area contributed by atoms with E-state index in [1.807, 2.05) is 43.3 Å². The highest BCUT2D eigenvalue weighted by atomic mass is 16.7. The molecular formula is C19H22O3. The van der Waals surface area contributed by atoms with Gasteiger partial charge in [0, 0.05) is 6.42 Å². The molecule has 0 aliphatic carbocycles. The minimum Gasteiger partial charge on any atom is -0.374 e. The van der Waals surface area contributed by atoms with Crippen molar-refractivity contribution in [3.8, 4) is 0 Å². The zero-order valence-electron chi connectivity index (χ0n) is 12.9. The second kappa shape index (κ2) is 7.05. The number of hydrogen-bond acceptors (Lipinski definition) is 3. The highest BCUT2D eigenvalue weighted by molar-refractivity contribution is 5.15. The van der Waals surface area contributed by atoms with E-state index >= 15 is 0 Å². The molecule has 0 radical (unpaired) electrons. The average Bonchev–Trinajstić information content (AvgIpc) is 2.90. The monoisotopic (exact) mass is 298 g/mol. The van der Waals surface area contributed by atoms with Gasteiger partial charge in [-0.25, -0.2) is 0 Å². The number of hydrogen-bond donors (Lipinski definition) is 0. The molecular weight excluding hydrogens is 276 g/mol. The maximum absolute atomic E-state index is 6.04. The zero-order valence-corrected chi connectivity index (χ0v) is 12.9. The van der Waals surface area contributed by atoms with E-state index in [-0.39, 0.29) is 11.9 Å². The lowest BCUT2D eigenvalue weighted by Gasteiger charge is -2.22. The minimum absolute atomic E-state index is 0.187. The predicted octanol–water partition coefficient (Wildman–Crippen LogP) is 3.58. The van der Waals surface area contributed by atoms with Crippen LogP contribution in [0.15, 0.2) is 60.7 Å². The highest BCUT2D eigenvalue weighted by Gasteiger charge is 2.37. The van der Waals surface area contributed by atoms with Crippen LogP contribution in [0.4, 0.5) is 0 Å². The fraction of sp³-hybridized carbons (Fsp3) is 0.368. The molecule has 2 atom stereocenters. The smallest absolute Gasteiger partial charge is 0.162 e. The second-order valence-electron chi connectivity index (χ2n) is 5.98. The Morgan fingerprint density at radius 3 is 2.32 bits per heavy atom. The Bertz CT molecular complexity index is 570. The number of benzene rings is 2. The van der Waals surface area contributed by atoms with E-state index in [4.69, 9.17) is 14.2 Å². The van der Waals surface area contributed by atoms with Crippen molar-refractivity contribution in [2.75, 3.05) is 13.2 Å². The highest BCUT2D eigenvalue weighted by Crippen LogP contribution is 2.25. The fourth-order valence-corrected chi connectivity index (χ4v) is 2.60. The lowest BCUT2D eigenvalue weighted by molar-refractivity contribution is -0.107. The van der Waals surface area contributed by atoms with Crippen molar-refractivity contribution in [1.82, 2.24) is 0 Å². The van der Waals surface area contributed by atoms with Crippen molar-refractivity contribution in [2.24, 2.45) is 0 Å². The molecule has 1 heterocycles. The molecule has 0 amide bonds. The van der Waals surface area contributed by atoms with Gasteiger partial charge in [-0.3, -0.25) is 0 Å². The van der Waals surface area contributed by atoms with Gasteiger partial charge < -0.3 is 14.2 Å². The first-order chi connectivity index (χ1) is 10.7. The molecule has 22 heavy (non-hydrogen) atoms. The van der Waals surface area contributed by atoms with Crippen LogP contribution in [0.2, 0.25) is 0 Å². The lowest BCUT2D eigenvalue weighted by Crippen LogP contribution is -2.34. The van der Waals surface area contributed by atoms with Gasteiger partial charge >= 0.3 is 0 Å². The van der Waals surface area contributed by atoms with Gasteiger partial charge in [-0.2, -0.15) is 0 Å². The molecule has 1 aliphatic rings. The summed E-state index contributed by atoms with van der Waals surface area (Å²) in [6, 6.07) is 20.4. The normalized spacial score (nSPS) is 24.5. The third-order valence-corrected chi connectivity index (χ3v) is 3.75. The molecule has 3 rings (SSSR count). The molecule has 0 aromatic heterocycles. The van der Waals surface area contributed by atoms with Crippen LogP contribution in [0.1, 0.15) is 18.1 Å². The summed E-state index contributed by atoms with van der Waals surface area (Å²) < 4.78 is 17.6. The van der Waals surface area contributed by atoms with Crippen molar-refractivity contribution in [2.45, 2.75) is 31.8 Å². The van der Waals surface area contributed by atoms with Gasteiger partial charge in [0.25, 0.3) is 0 Å². The molecule has 3 nitrogen and oxygen atoms in total. The minimum atomic E-state index is -0.367. The Balaban J connectivity index is 1.46. The van der Waals surface area contributed by atoms with E-state index < -0.39 is 0 Å². The predicted molar refractivity (Wildman–Crippen MR) is 85.5 cm³/mol. The number of ether oxygens (including phenoxy) is 3. The molecule has 1 fully saturated rings. The summed E-state index contributed by atoms with van der Waals surface area (Å²) in [5.41, 5.74) is 2.03. The van der Waals surface area contributed by atoms with E-state index in [1.54, 1.807) is 0 Å². The molecule has 0 bridgehead atoms. The quantitative estimate of drug-likeness (QED) is 0.816. The third kappa shape index (κ3) is 4.17. The Morgan fingerprint density at radius 1 is 1.00 bits per heavy atom. The molecule has 2 unspecified atom stereocenters. The van der Waals surface area contributed by atoms with E-state index in [0.717, 1.165) is 6.42 Å². The van der Waals surface area contributed by atoms with Gasteiger partial charge in [-0.15, -0.1) is 0 Å². The van der Waals surface area contributed by atoms with Crippen LogP contribution >= 0.6 is 0 Å². The largest absolute Gasteiger partial charge is 0.374 e. The fourth-order valence-electron chi connectivity index (χ4n) is 2.60. The molecule has 3 heteroatoms. The van der Waals surface area contributed by atoms with Crippen LogP contribution < -0.4 is 0 Å². The van der Waals surface area contributed by atoms with E-state index in [9.17, 15) is 0 Å². The Hall–Kier alpha value is -1.68. The van der Waals surface area contributed by atoms with Gasteiger partial charge in [0.05, 0.1) is 19.8 Å². The van der Waals surface area contributed by atoms with Crippen LogP contribution in [0, 0.1) is 0 Å². The van der Waals surface area contributed by atoms with Crippen LogP contribution in [0.3, 0.4) is 0 Å². The topological polar surface area (TPSA) is 27.7 Å². The first kappa shape index (κ1) is 15.2. The van der Waals surface area contributed by atoms with E-state index in [2.05, 4.69) is 24.3 Å². The van der Waals surface area contributed by atoms with Crippen LogP contribution in [0.5, 0.6) is 0 Å². The maximum Gasteiger partial charge on any atom is 0.162 e. The third-order valence-electron chi connectivity index (χ3n) is 3.75. The SMILES string of the molecule is CC1(COCc2ccccc2)COC(Cc2ccccc2)O1. The first-order valence-corrected chi connectivity index (χ1v) is 7.69. The molecule has 0 N–H and O–H groups in total. The molecule has 116 valence electrons. The van der Waals surface area contributed by atoms with Gasteiger partial charge in [-0.1, -0.05) is 60.7 Å². The molecule has 0 saturated carbocycles. The van der Waals surface area contributed by atoms with Gasteiger partial charge in [0.2, 0.25) is 0 Å². The lowest BCUT2D eigenvalue weighted by atomic mass is 10.1. The van der Waals surface area contributed by atoms with Crippen LogP contribution in [0.25, 0.3) is 0 Å². The maximum atomic E-state index is 6.04. The summed E-state index contributed by atoms with van der Waals surface area (Å²) in [4.78, 5) is 0. The summed E-state index contributed by atoms with van der Waals surface area (Å²) in [6.45, 7) is 3.75. The molecule has 1 saturated heterocycles. The zero-order chi connectivity index (χ0) is 15.3. The molecule has 2 aromatic carbocycles.